The van der Waals surface area contributed by atoms with Crippen LogP contribution in [0.5, 0.6) is 5.75 Å². The normalized spacial score (nSPS) is 14.4. The Morgan fingerprint density at radius 3 is 2.41 bits per heavy atom. The second-order valence-corrected chi connectivity index (χ2v) is 4.56. The van der Waals surface area contributed by atoms with E-state index in [0.717, 1.165) is 18.7 Å². The van der Waals surface area contributed by atoms with Crippen LogP contribution in [0, 0.1) is 0 Å². The molecule has 3 heteroatoms. The summed E-state index contributed by atoms with van der Waals surface area (Å²) in [5, 5.41) is 13.1. The molecule has 0 saturated heterocycles. The number of aliphatic hydroxyl groups is 1. The first kappa shape index (κ1) is 14.0. The highest BCUT2D eigenvalue weighted by atomic mass is 16.5. The van der Waals surface area contributed by atoms with Gasteiger partial charge in [0, 0.05) is 6.54 Å². The zero-order valence-electron chi connectivity index (χ0n) is 11.0. The van der Waals surface area contributed by atoms with Crippen LogP contribution < -0.4 is 10.1 Å². The molecule has 1 aromatic rings. The van der Waals surface area contributed by atoms with E-state index in [2.05, 4.69) is 12.2 Å². The maximum atomic E-state index is 10.0. The first-order valence-electron chi connectivity index (χ1n) is 6.22. The van der Waals surface area contributed by atoms with Gasteiger partial charge in [-0.05, 0) is 37.6 Å². The summed E-state index contributed by atoms with van der Waals surface area (Å²) >= 11 is 0. The molecule has 0 aromatic heterocycles. The second-order valence-electron chi connectivity index (χ2n) is 4.56. The maximum Gasteiger partial charge on any atom is 0.119 e. The molecule has 1 rings (SSSR count). The fraction of sp³-hybridized carbons (Fsp3) is 0.571. The Kier molecular flexibility index (Phi) is 5.45. The van der Waals surface area contributed by atoms with Gasteiger partial charge in [0.2, 0.25) is 0 Å². The van der Waals surface area contributed by atoms with Gasteiger partial charge in [-0.2, -0.15) is 0 Å². The standard InChI is InChI=1S/C14H23NO2/c1-4-12-6-8-13(9-7-12)17-11-14(3,16)10-15-5-2/h6-9,15-16H,4-5,10-11H2,1-3H3. The van der Waals surface area contributed by atoms with Gasteiger partial charge in [0.1, 0.15) is 18.0 Å². The van der Waals surface area contributed by atoms with Crippen molar-refractivity contribution in [1.29, 1.82) is 0 Å². The van der Waals surface area contributed by atoms with E-state index in [0.29, 0.717) is 13.2 Å². The molecular formula is C14H23NO2. The van der Waals surface area contributed by atoms with Gasteiger partial charge in [-0.3, -0.25) is 0 Å². The van der Waals surface area contributed by atoms with Crippen molar-refractivity contribution in [3.05, 3.63) is 29.8 Å². The molecule has 0 aliphatic rings. The van der Waals surface area contributed by atoms with E-state index in [1.807, 2.05) is 31.2 Å². The first-order chi connectivity index (χ1) is 8.07. The number of benzene rings is 1. The lowest BCUT2D eigenvalue weighted by Gasteiger charge is -2.23. The molecule has 96 valence electrons. The number of rotatable bonds is 7. The molecule has 0 aliphatic heterocycles. The number of hydrogen-bond acceptors (Lipinski definition) is 3. The van der Waals surface area contributed by atoms with Gasteiger partial charge in [0.25, 0.3) is 0 Å². The van der Waals surface area contributed by atoms with Crippen LogP contribution in [0.15, 0.2) is 24.3 Å². The van der Waals surface area contributed by atoms with Crippen molar-refractivity contribution >= 4 is 0 Å². The fourth-order valence-corrected chi connectivity index (χ4v) is 1.51. The minimum Gasteiger partial charge on any atom is -0.491 e. The first-order valence-corrected chi connectivity index (χ1v) is 6.22. The molecule has 0 fully saturated rings. The summed E-state index contributed by atoms with van der Waals surface area (Å²) in [4.78, 5) is 0. The van der Waals surface area contributed by atoms with Gasteiger partial charge in [-0.15, -0.1) is 0 Å². The van der Waals surface area contributed by atoms with Gasteiger partial charge in [-0.1, -0.05) is 26.0 Å². The smallest absolute Gasteiger partial charge is 0.119 e. The molecule has 17 heavy (non-hydrogen) atoms. The average Bonchev–Trinajstić information content (AvgIpc) is 2.35. The number of aryl methyl sites for hydroxylation is 1. The Balaban J connectivity index is 2.43. The lowest BCUT2D eigenvalue weighted by Crippen LogP contribution is -2.42. The van der Waals surface area contributed by atoms with E-state index in [-0.39, 0.29) is 0 Å². The highest BCUT2D eigenvalue weighted by Gasteiger charge is 2.20. The lowest BCUT2D eigenvalue weighted by molar-refractivity contribution is 0.0127. The van der Waals surface area contributed by atoms with Crippen molar-refractivity contribution in [1.82, 2.24) is 5.32 Å². The monoisotopic (exact) mass is 237 g/mol. The van der Waals surface area contributed by atoms with Crippen molar-refractivity contribution in [3.63, 3.8) is 0 Å². The molecule has 0 saturated carbocycles. The predicted octanol–water partition coefficient (Wildman–Crippen LogP) is 1.99. The van der Waals surface area contributed by atoms with Crippen LogP contribution in [0.1, 0.15) is 26.3 Å². The Hall–Kier alpha value is -1.06. The molecule has 1 aromatic carbocycles. The predicted molar refractivity (Wildman–Crippen MR) is 70.5 cm³/mol. The fourth-order valence-electron chi connectivity index (χ4n) is 1.51. The lowest BCUT2D eigenvalue weighted by atomic mass is 10.1. The topological polar surface area (TPSA) is 41.5 Å². The summed E-state index contributed by atoms with van der Waals surface area (Å²) in [5.74, 6) is 0.805. The molecule has 0 spiro atoms. The van der Waals surface area contributed by atoms with E-state index in [4.69, 9.17) is 4.74 Å². The number of hydrogen-bond donors (Lipinski definition) is 2. The van der Waals surface area contributed by atoms with Gasteiger partial charge < -0.3 is 15.2 Å². The summed E-state index contributed by atoms with van der Waals surface area (Å²) in [6.45, 7) is 7.59. The zero-order valence-corrected chi connectivity index (χ0v) is 11.0. The summed E-state index contributed by atoms with van der Waals surface area (Å²) in [6.07, 6.45) is 1.03. The van der Waals surface area contributed by atoms with Gasteiger partial charge in [0.15, 0.2) is 0 Å². The molecule has 1 atom stereocenters. The SMILES string of the molecule is CCNCC(C)(O)COc1ccc(CC)cc1. The van der Waals surface area contributed by atoms with E-state index >= 15 is 0 Å². The number of ether oxygens (including phenoxy) is 1. The summed E-state index contributed by atoms with van der Waals surface area (Å²) in [6, 6.07) is 7.99. The molecule has 3 nitrogen and oxygen atoms in total. The Morgan fingerprint density at radius 1 is 1.24 bits per heavy atom. The Labute approximate surface area is 104 Å². The van der Waals surface area contributed by atoms with Crippen molar-refractivity contribution in [2.45, 2.75) is 32.8 Å². The largest absolute Gasteiger partial charge is 0.491 e. The Morgan fingerprint density at radius 2 is 1.88 bits per heavy atom. The van der Waals surface area contributed by atoms with E-state index in [1.54, 1.807) is 6.92 Å². The highest BCUT2D eigenvalue weighted by molar-refractivity contribution is 5.27. The Bertz CT molecular complexity index is 319. The van der Waals surface area contributed by atoms with Crippen LogP contribution >= 0.6 is 0 Å². The molecule has 0 amide bonds. The minimum atomic E-state index is -0.834. The van der Waals surface area contributed by atoms with Crippen LogP contribution in [-0.2, 0) is 6.42 Å². The maximum absolute atomic E-state index is 10.0. The minimum absolute atomic E-state index is 0.297. The number of nitrogens with one attached hydrogen (secondary N) is 1. The third-order valence-corrected chi connectivity index (χ3v) is 2.64. The van der Waals surface area contributed by atoms with Crippen molar-refractivity contribution < 1.29 is 9.84 Å². The van der Waals surface area contributed by atoms with Crippen LogP contribution in [-0.4, -0.2) is 30.4 Å². The van der Waals surface area contributed by atoms with Crippen LogP contribution in [0.4, 0.5) is 0 Å². The molecule has 1 unspecified atom stereocenters. The van der Waals surface area contributed by atoms with Gasteiger partial charge in [0.05, 0.1) is 0 Å². The van der Waals surface area contributed by atoms with Gasteiger partial charge >= 0.3 is 0 Å². The van der Waals surface area contributed by atoms with Crippen molar-refractivity contribution in [2.75, 3.05) is 19.7 Å². The highest BCUT2D eigenvalue weighted by Crippen LogP contribution is 2.14. The summed E-state index contributed by atoms with van der Waals surface area (Å²) in [5.41, 5.74) is 0.455. The van der Waals surface area contributed by atoms with E-state index in [9.17, 15) is 5.11 Å². The third kappa shape index (κ3) is 5.20. The van der Waals surface area contributed by atoms with Gasteiger partial charge in [-0.25, -0.2) is 0 Å². The number of likely N-dealkylation sites (N-methyl/N-ethyl adjacent to an activating group) is 1. The molecule has 2 N–H and O–H groups in total. The average molecular weight is 237 g/mol. The third-order valence-electron chi connectivity index (χ3n) is 2.64. The van der Waals surface area contributed by atoms with Crippen molar-refractivity contribution in [3.8, 4) is 5.75 Å². The summed E-state index contributed by atoms with van der Waals surface area (Å²) in [7, 11) is 0. The second kappa shape index (κ2) is 6.62. The van der Waals surface area contributed by atoms with Crippen molar-refractivity contribution in [2.24, 2.45) is 0 Å². The van der Waals surface area contributed by atoms with E-state index in [1.165, 1.54) is 5.56 Å². The summed E-state index contributed by atoms with van der Waals surface area (Å²) < 4.78 is 5.58. The van der Waals surface area contributed by atoms with E-state index < -0.39 is 5.60 Å². The van der Waals surface area contributed by atoms with Crippen LogP contribution in [0.25, 0.3) is 0 Å². The quantitative estimate of drug-likeness (QED) is 0.762. The van der Waals surface area contributed by atoms with Crippen LogP contribution in [0.3, 0.4) is 0 Å². The zero-order chi connectivity index (χ0) is 12.7. The molecule has 0 aliphatic carbocycles. The van der Waals surface area contributed by atoms with Crippen LogP contribution in [0.2, 0.25) is 0 Å². The molecular weight excluding hydrogens is 214 g/mol. The molecule has 0 radical (unpaired) electrons. The molecule has 0 bridgehead atoms. The molecule has 0 heterocycles.